The molecule has 1 unspecified atom stereocenters. The van der Waals surface area contributed by atoms with Crippen molar-refractivity contribution in [2.24, 2.45) is 0 Å². The Kier molecular flexibility index (Phi) is 10.1. The van der Waals surface area contributed by atoms with E-state index in [-0.39, 0.29) is 36.8 Å². The number of carbonyl (C=O) groups excluding carboxylic acids is 1. The van der Waals surface area contributed by atoms with Gasteiger partial charge in [-0.2, -0.15) is 0 Å². The van der Waals surface area contributed by atoms with E-state index in [0.29, 0.717) is 30.2 Å². The smallest absolute Gasteiger partial charge is 0.227 e. The molecule has 0 spiro atoms. The third-order valence-corrected chi connectivity index (χ3v) is 4.40. The zero-order chi connectivity index (χ0) is 18.4. The van der Waals surface area contributed by atoms with Gasteiger partial charge >= 0.3 is 0 Å². The summed E-state index contributed by atoms with van der Waals surface area (Å²) >= 11 is 0. The van der Waals surface area contributed by atoms with Crippen molar-refractivity contribution in [3.63, 3.8) is 0 Å². The van der Waals surface area contributed by atoms with E-state index in [4.69, 9.17) is 15.2 Å². The van der Waals surface area contributed by atoms with Crippen molar-refractivity contribution in [3.8, 4) is 5.75 Å². The second-order valence-corrected chi connectivity index (χ2v) is 6.42. The summed E-state index contributed by atoms with van der Waals surface area (Å²) in [6.45, 7) is 3.13. The van der Waals surface area contributed by atoms with Gasteiger partial charge in [-0.3, -0.25) is 9.69 Å². The molecule has 154 valence electrons. The van der Waals surface area contributed by atoms with Crippen molar-refractivity contribution in [2.75, 3.05) is 37.9 Å². The molecule has 1 fully saturated rings. The van der Waals surface area contributed by atoms with Gasteiger partial charge in [0.05, 0.1) is 31.9 Å². The van der Waals surface area contributed by atoms with Crippen molar-refractivity contribution >= 4 is 42.1 Å². The van der Waals surface area contributed by atoms with Crippen LogP contribution in [0.4, 0.5) is 11.4 Å². The minimum absolute atomic E-state index is 0. The molecule has 1 heterocycles. The number of nitrogens with one attached hydrogen (secondary N) is 1. The molecule has 2 aromatic rings. The third-order valence-electron chi connectivity index (χ3n) is 4.40. The molecule has 2 aromatic carbocycles. The molecule has 1 aliphatic heterocycles. The van der Waals surface area contributed by atoms with Crippen LogP contribution in [-0.4, -0.2) is 43.7 Å². The maximum absolute atomic E-state index is 12.3. The summed E-state index contributed by atoms with van der Waals surface area (Å²) in [4.78, 5) is 14.7. The Morgan fingerprint density at radius 1 is 1.25 bits per heavy atom. The number of hydrogen-bond acceptors (Lipinski definition) is 5. The molecule has 0 aliphatic carbocycles. The number of nitrogens with two attached hydrogens (primary N) is 1. The first-order valence-corrected chi connectivity index (χ1v) is 8.75. The van der Waals surface area contributed by atoms with Crippen LogP contribution in [0.25, 0.3) is 0 Å². The van der Waals surface area contributed by atoms with Crippen LogP contribution in [0.2, 0.25) is 0 Å². The molecule has 1 atom stereocenters. The fourth-order valence-corrected chi connectivity index (χ4v) is 3.12. The van der Waals surface area contributed by atoms with Crippen LogP contribution >= 0.6 is 24.8 Å². The number of morpholine rings is 1. The number of anilines is 2. The number of amides is 1. The number of rotatable bonds is 6. The van der Waals surface area contributed by atoms with Gasteiger partial charge in [-0.25, -0.2) is 0 Å². The molecule has 1 amide bonds. The van der Waals surface area contributed by atoms with Gasteiger partial charge in [0.15, 0.2) is 0 Å². The van der Waals surface area contributed by atoms with Crippen molar-refractivity contribution in [3.05, 3.63) is 54.1 Å². The van der Waals surface area contributed by atoms with E-state index < -0.39 is 0 Å². The molecule has 3 rings (SSSR count). The fraction of sp³-hybridized carbons (Fsp3) is 0.350. The Hall–Kier alpha value is -1.99. The Labute approximate surface area is 178 Å². The number of carbonyl (C=O) groups is 1. The molecular weight excluding hydrogens is 401 g/mol. The van der Waals surface area contributed by atoms with E-state index in [1.807, 2.05) is 18.2 Å². The van der Waals surface area contributed by atoms with Crippen molar-refractivity contribution < 1.29 is 14.3 Å². The summed E-state index contributed by atoms with van der Waals surface area (Å²) in [6.07, 6.45) is 0.208. The van der Waals surface area contributed by atoms with Gasteiger partial charge in [-0.15, -0.1) is 24.8 Å². The van der Waals surface area contributed by atoms with E-state index in [9.17, 15) is 4.79 Å². The van der Waals surface area contributed by atoms with E-state index in [1.54, 1.807) is 25.3 Å². The highest BCUT2D eigenvalue weighted by atomic mass is 35.5. The number of methoxy groups -OCH3 is 1. The molecule has 1 aliphatic rings. The van der Waals surface area contributed by atoms with Gasteiger partial charge in [0.1, 0.15) is 5.75 Å². The average molecular weight is 428 g/mol. The molecule has 28 heavy (non-hydrogen) atoms. The van der Waals surface area contributed by atoms with E-state index in [1.165, 1.54) is 5.56 Å². The predicted molar refractivity (Wildman–Crippen MR) is 117 cm³/mol. The zero-order valence-corrected chi connectivity index (χ0v) is 17.4. The second-order valence-electron chi connectivity index (χ2n) is 6.42. The minimum atomic E-state index is -0.108. The van der Waals surface area contributed by atoms with Crippen LogP contribution in [0, 0.1) is 0 Å². The summed E-state index contributed by atoms with van der Waals surface area (Å²) < 4.78 is 10.9. The number of ether oxygens (including phenoxy) is 2. The second kappa shape index (κ2) is 11.8. The summed E-state index contributed by atoms with van der Waals surface area (Å²) in [6, 6.07) is 15.5. The minimum Gasteiger partial charge on any atom is -0.495 e. The lowest BCUT2D eigenvalue weighted by molar-refractivity contribution is -0.121. The molecule has 8 heteroatoms. The van der Waals surface area contributed by atoms with Gasteiger partial charge in [-0.05, 0) is 23.8 Å². The molecule has 0 bridgehead atoms. The molecular formula is C20H27Cl2N3O3. The first-order valence-electron chi connectivity index (χ1n) is 8.75. The molecule has 0 radical (unpaired) electrons. The van der Waals surface area contributed by atoms with Crippen molar-refractivity contribution in [1.29, 1.82) is 0 Å². The van der Waals surface area contributed by atoms with Gasteiger partial charge < -0.3 is 20.5 Å². The maximum atomic E-state index is 12.3. The lowest BCUT2D eigenvalue weighted by atomic mass is 10.1. The predicted octanol–water partition coefficient (Wildman–Crippen LogP) is 3.35. The molecule has 1 saturated heterocycles. The third kappa shape index (κ3) is 6.87. The van der Waals surface area contributed by atoms with E-state index >= 15 is 0 Å². The zero-order valence-electron chi connectivity index (χ0n) is 15.8. The highest BCUT2D eigenvalue weighted by Gasteiger charge is 2.23. The molecule has 0 saturated carbocycles. The SMILES string of the molecule is COc1ccc(NC(=O)CC2CN(Cc3ccccc3)CCO2)cc1N.Cl.Cl. The quantitative estimate of drug-likeness (QED) is 0.691. The van der Waals surface area contributed by atoms with Gasteiger partial charge in [-0.1, -0.05) is 30.3 Å². The van der Waals surface area contributed by atoms with Crippen LogP contribution in [0.15, 0.2) is 48.5 Å². The number of halogens is 2. The van der Waals surface area contributed by atoms with E-state index in [0.717, 1.165) is 19.6 Å². The summed E-state index contributed by atoms with van der Waals surface area (Å²) in [5, 5.41) is 2.87. The molecule has 3 N–H and O–H groups in total. The standard InChI is InChI=1S/C20H25N3O3.2ClH/c1-25-19-8-7-16(11-18(19)21)22-20(24)12-17-14-23(9-10-26-17)13-15-5-3-2-4-6-15;;/h2-8,11,17H,9-10,12-14,21H2,1H3,(H,22,24);2*1H. The van der Waals surface area contributed by atoms with Crippen molar-refractivity contribution in [1.82, 2.24) is 4.90 Å². The van der Waals surface area contributed by atoms with E-state index in [2.05, 4.69) is 22.3 Å². The summed E-state index contributed by atoms with van der Waals surface area (Å²) in [5.41, 5.74) is 8.30. The maximum Gasteiger partial charge on any atom is 0.227 e. The number of hydrogen-bond donors (Lipinski definition) is 2. The lowest BCUT2D eigenvalue weighted by Crippen LogP contribution is -2.43. The summed E-state index contributed by atoms with van der Waals surface area (Å²) in [5.74, 6) is 0.510. The summed E-state index contributed by atoms with van der Waals surface area (Å²) in [7, 11) is 1.56. The molecule has 0 aromatic heterocycles. The molecule has 6 nitrogen and oxygen atoms in total. The van der Waals surface area contributed by atoms with Crippen LogP contribution in [0.5, 0.6) is 5.75 Å². The Morgan fingerprint density at radius 2 is 2.00 bits per heavy atom. The van der Waals surface area contributed by atoms with Gasteiger partial charge in [0.2, 0.25) is 5.91 Å². The highest BCUT2D eigenvalue weighted by Crippen LogP contribution is 2.24. The number of nitrogens with zero attached hydrogens (tertiary/aromatic N) is 1. The van der Waals surface area contributed by atoms with Crippen LogP contribution in [-0.2, 0) is 16.1 Å². The first kappa shape index (κ1) is 24.0. The van der Waals surface area contributed by atoms with Crippen LogP contribution in [0.1, 0.15) is 12.0 Å². The van der Waals surface area contributed by atoms with Crippen LogP contribution in [0.3, 0.4) is 0 Å². The topological polar surface area (TPSA) is 76.8 Å². The van der Waals surface area contributed by atoms with Gasteiger partial charge in [0.25, 0.3) is 0 Å². The number of nitrogen functional groups attached to an aromatic ring is 1. The fourth-order valence-electron chi connectivity index (χ4n) is 3.12. The van der Waals surface area contributed by atoms with Crippen LogP contribution < -0.4 is 15.8 Å². The van der Waals surface area contributed by atoms with Crippen molar-refractivity contribution in [2.45, 2.75) is 19.1 Å². The highest BCUT2D eigenvalue weighted by molar-refractivity contribution is 5.91. The Bertz CT molecular complexity index is 747. The largest absolute Gasteiger partial charge is 0.495 e. The first-order chi connectivity index (χ1) is 12.6. The number of benzene rings is 2. The normalized spacial score (nSPS) is 16.4. The lowest BCUT2D eigenvalue weighted by Gasteiger charge is -2.32. The average Bonchev–Trinajstić information content (AvgIpc) is 2.63. The monoisotopic (exact) mass is 427 g/mol. The van der Waals surface area contributed by atoms with Gasteiger partial charge in [0, 0.05) is 25.3 Å². The Balaban J connectivity index is 0.00000196. The Morgan fingerprint density at radius 3 is 2.68 bits per heavy atom.